The van der Waals surface area contributed by atoms with E-state index in [4.69, 9.17) is 0 Å². The molecule has 0 amide bonds. The van der Waals surface area contributed by atoms with Crippen molar-refractivity contribution in [2.24, 2.45) is 0 Å². The lowest BCUT2D eigenvalue weighted by atomic mass is 10.3. The van der Waals surface area contributed by atoms with Crippen LogP contribution in [-0.2, 0) is 12.4 Å². The van der Waals surface area contributed by atoms with Crippen molar-refractivity contribution in [2.75, 3.05) is 0 Å². The van der Waals surface area contributed by atoms with Crippen LogP contribution < -0.4 is 4.74 Å². The van der Waals surface area contributed by atoms with Crippen LogP contribution in [0.5, 0.6) is 5.75 Å². The van der Waals surface area contributed by atoms with E-state index in [0.717, 1.165) is 12.5 Å². The van der Waals surface area contributed by atoms with Gasteiger partial charge in [-0.25, -0.2) is 14.8 Å². The van der Waals surface area contributed by atoms with Gasteiger partial charge < -0.3 is 9.26 Å². The Hall–Kier alpha value is -3.45. The lowest BCUT2D eigenvalue weighted by Crippen LogP contribution is -2.19. The van der Waals surface area contributed by atoms with Crippen LogP contribution in [-0.4, -0.2) is 30.9 Å². The van der Waals surface area contributed by atoms with Crippen LogP contribution in [0.3, 0.4) is 0 Å². The van der Waals surface area contributed by atoms with Gasteiger partial charge in [-0.15, -0.1) is 0 Å². The van der Waals surface area contributed by atoms with Crippen LogP contribution >= 0.6 is 0 Å². The first-order valence-corrected chi connectivity index (χ1v) is 6.75. The number of carbonyl (C=O) groups excluding carboxylic acids is 1. The Morgan fingerprint density at radius 1 is 1.11 bits per heavy atom. The molecule has 0 aliphatic carbocycles. The molecule has 3 rings (SSSR count). The van der Waals surface area contributed by atoms with E-state index < -0.39 is 41.4 Å². The van der Waals surface area contributed by atoms with Gasteiger partial charge in [0.2, 0.25) is 0 Å². The summed E-state index contributed by atoms with van der Waals surface area (Å²) in [6, 6.07) is 0.479. The van der Waals surface area contributed by atoms with Gasteiger partial charge in [0.1, 0.15) is 17.5 Å². The molecular formula is C13H5F6N5O3. The maximum absolute atomic E-state index is 13.4. The number of hydrogen-bond donors (Lipinski definition) is 0. The molecule has 0 atom stereocenters. The zero-order valence-electron chi connectivity index (χ0n) is 12.6. The molecule has 0 N–H and O–H groups in total. The third kappa shape index (κ3) is 3.73. The molecule has 0 saturated heterocycles. The van der Waals surface area contributed by atoms with Crippen LogP contribution in [0.4, 0.5) is 26.3 Å². The van der Waals surface area contributed by atoms with Crippen LogP contribution in [0.2, 0.25) is 0 Å². The first-order valence-electron chi connectivity index (χ1n) is 6.75. The highest BCUT2D eigenvalue weighted by atomic mass is 19.4. The third-order valence-corrected chi connectivity index (χ3v) is 3.00. The number of hydrogen-bond acceptors (Lipinski definition) is 7. The van der Waals surface area contributed by atoms with E-state index in [9.17, 15) is 31.1 Å². The summed E-state index contributed by atoms with van der Waals surface area (Å²) in [7, 11) is 0. The topological polar surface area (TPSA) is 95.9 Å². The summed E-state index contributed by atoms with van der Waals surface area (Å²) < 4.78 is 87.3. The second-order valence-electron chi connectivity index (χ2n) is 4.81. The second-order valence-corrected chi connectivity index (χ2v) is 4.81. The molecule has 0 radical (unpaired) electrons. The predicted molar refractivity (Wildman–Crippen MR) is 70.6 cm³/mol. The van der Waals surface area contributed by atoms with E-state index >= 15 is 0 Å². The molecule has 3 aromatic rings. The van der Waals surface area contributed by atoms with Crippen molar-refractivity contribution in [3.05, 3.63) is 47.9 Å². The minimum absolute atomic E-state index is 0.00846. The van der Waals surface area contributed by atoms with Crippen LogP contribution in [0, 0.1) is 0 Å². The van der Waals surface area contributed by atoms with Crippen molar-refractivity contribution in [3.8, 4) is 11.7 Å². The average molecular weight is 393 g/mol. The van der Waals surface area contributed by atoms with Crippen molar-refractivity contribution < 1.29 is 40.4 Å². The summed E-state index contributed by atoms with van der Waals surface area (Å²) in [4.78, 5) is 18.2. The largest absolute Gasteiger partial charge is 0.437 e. The number of esters is 1. The SMILES string of the molecule is O=C(Oc1cnn(-c2nccc(C(F)(F)F)n2)c1C(F)(F)F)c1cnoc1. The Balaban J connectivity index is 2.05. The summed E-state index contributed by atoms with van der Waals surface area (Å²) in [5.41, 5.74) is -3.43. The summed E-state index contributed by atoms with van der Waals surface area (Å²) in [5.74, 6) is -3.31. The fraction of sp³-hybridized carbons (Fsp3) is 0.154. The van der Waals surface area contributed by atoms with E-state index in [2.05, 4.69) is 29.5 Å². The molecule has 0 aliphatic rings. The van der Waals surface area contributed by atoms with Gasteiger partial charge in [0, 0.05) is 6.20 Å². The van der Waals surface area contributed by atoms with Gasteiger partial charge in [0.05, 0.1) is 12.4 Å². The molecule has 0 aromatic carbocycles. The fourth-order valence-corrected chi connectivity index (χ4v) is 1.89. The fourth-order valence-electron chi connectivity index (χ4n) is 1.89. The Labute approximate surface area is 144 Å². The van der Waals surface area contributed by atoms with Gasteiger partial charge in [-0.05, 0) is 6.07 Å². The Bertz CT molecular complexity index is 964. The third-order valence-electron chi connectivity index (χ3n) is 3.00. The minimum Gasteiger partial charge on any atom is -0.419 e. The van der Waals surface area contributed by atoms with Crippen molar-refractivity contribution in [1.29, 1.82) is 0 Å². The molecule has 0 fully saturated rings. The van der Waals surface area contributed by atoms with Gasteiger partial charge >= 0.3 is 18.3 Å². The molecule has 142 valence electrons. The molecule has 0 bridgehead atoms. The molecule has 14 heteroatoms. The Morgan fingerprint density at radius 3 is 2.44 bits per heavy atom. The smallest absolute Gasteiger partial charge is 0.419 e. The molecular weight excluding hydrogens is 388 g/mol. The highest BCUT2D eigenvalue weighted by molar-refractivity contribution is 5.90. The van der Waals surface area contributed by atoms with Crippen LogP contribution in [0.15, 0.2) is 35.4 Å². The lowest BCUT2D eigenvalue weighted by Gasteiger charge is -2.12. The summed E-state index contributed by atoms with van der Waals surface area (Å²) in [6.07, 6.45) is -7.22. The van der Waals surface area contributed by atoms with Gasteiger partial charge in [0.15, 0.2) is 11.4 Å². The number of ether oxygens (including phenoxy) is 1. The van der Waals surface area contributed by atoms with Crippen LogP contribution in [0.1, 0.15) is 21.7 Å². The van der Waals surface area contributed by atoms with E-state index in [-0.39, 0.29) is 10.2 Å². The zero-order chi connectivity index (χ0) is 19.8. The number of rotatable bonds is 3. The first-order chi connectivity index (χ1) is 12.6. The maximum Gasteiger partial charge on any atom is 0.437 e. The van der Waals surface area contributed by atoms with Gasteiger partial charge in [0.25, 0.3) is 5.95 Å². The molecule has 3 aromatic heterocycles. The Morgan fingerprint density at radius 2 is 1.85 bits per heavy atom. The standard InChI is InChI=1S/C13H5F6N5O3/c14-12(15,16)8-1-2-20-11(23-8)24-9(13(17,18)19)7(4-21-24)27-10(25)6-3-22-26-5-6/h1-5H. The minimum atomic E-state index is -5.15. The van der Waals surface area contributed by atoms with E-state index in [1.54, 1.807) is 0 Å². The maximum atomic E-state index is 13.4. The quantitative estimate of drug-likeness (QED) is 0.499. The number of carbonyl (C=O) groups is 1. The normalized spacial score (nSPS) is 12.2. The van der Waals surface area contributed by atoms with E-state index in [0.29, 0.717) is 18.5 Å². The van der Waals surface area contributed by atoms with E-state index in [1.165, 1.54) is 0 Å². The van der Waals surface area contributed by atoms with Gasteiger partial charge in [-0.1, -0.05) is 5.16 Å². The molecule has 8 nitrogen and oxygen atoms in total. The Kier molecular flexibility index (Phi) is 4.33. The van der Waals surface area contributed by atoms with Crippen molar-refractivity contribution in [1.82, 2.24) is 24.9 Å². The number of aromatic nitrogens is 5. The van der Waals surface area contributed by atoms with Gasteiger partial charge in [-0.2, -0.15) is 36.1 Å². The summed E-state index contributed by atoms with van der Waals surface area (Å²) >= 11 is 0. The molecule has 0 unspecified atom stereocenters. The summed E-state index contributed by atoms with van der Waals surface area (Å²) in [5, 5.41) is 6.49. The number of halogens is 6. The molecule has 0 saturated carbocycles. The predicted octanol–water partition coefficient (Wildman–Crippen LogP) is 2.91. The van der Waals surface area contributed by atoms with Gasteiger partial charge in [-0.3, -0.25) is 0 Å². The van der Waals surface area contributed by atoms with Crippen LogP contribution in [0.25, 0.3) is 5.95 Å². The van der Waals surface area contributed by atoms with Crippen molar-refractivity contribution in [2.45, 2.75) is 12.4 Å². The van der Waals surface area contributed by atoms with E-state index in [1.807, 2.05) is 0 Å². The first kappa shape index (κ1) is 18.3. The van der Waals surface area contributed by atoms with Crippen molar-refractivity contribution in [3.63, 3.8) is 0 Å². The second kappa shape index (κ2) is 6.37. The lowest BCUT2D eigenvalue weighted by molar-refractivity contribution is -0.144. The average Bonchev–Trinajstić information content (AvgIpc) is 3.23. The number of alkyl halides is 6. The molecule has 0 spiro atoms. The zero-order valence-corrected chi connectivity index (χ0v) is 12.6. The highest BCUT2D eigenvalue weighted by Gasteiger charge is 2.42. The highest BCUT2D eigenvalue weighted by Crippen LogP contribution is 2.37. The summed E-state index contributed by atoms with van der Waals surface area (Å²) in [6.45, 7) is 0. The molecule has 0 aliphatic heterocycles. The van der Waals surface area contributed by atoms with Crippen molar-refractivity contribution >= 4 is 5.97 Å². The monoisotopic (exact) mass is 393 g/mol. The molecule has 3 heterocycles. The number of nitrogens with zero attached hydrogens (tertiary/aromatic N) is 5. The molecule has 27 heavy (non-hydrogen) atoms.